The Morgan fingerprint density at radius 2 is 2.00 bits per heavy atom. The lowest BCUT2D eigenvalue weighted by Crippen LogP contribution is -2.25. The summed E-state index contributed by atoms with van der Waals surface area (Å²) >= 11 is 0. The van der Waals surface area contributed by atoms with E-state index in [1.807, 2.05) is 0 Å². The number of carbonyl (C=O) groups is 1. The molecule has 0 aromatic rings. The lowest BCUT2D eigenvalue weighted by Gasteiger charge is -2.10. The first-order valence-corrected chi connectivity index (χ1v) is 4.21. The van der Waals surface area contributed by atoms with Crippen LogP contribution < -0.4 is 17.6 Å². The summed E-state index contributed by atoms with van der Waals surface area (Å²) in [6.07, 6.45) is 3.79. The maximum Gasteiger partial charge on any atom is 0.220 e. The van der Waals surface area contributed by atoms with Crippen LogP contribution in [0.4, 0.5) is 0 Å². The Bertz CT molecular complexity index is 117. The van der Waals surface area contributed by atoms with Crippen LogP contribution in [0.3, 0.4) is 0 Å². The van der Waals surface area contributed by atoms with Crippen LogP contribution in [-0.2, 0) is 4.79 Å². The second kappa shape index (κ2) is 8.49. The third-order valence-electron chi connectivity index (χ3n) is 1.82. The van der Waals surface area contributed by atoms with Gasteiger partial charge in [0, 0.05) is 5.92 Å². The van der Waals surface area contributed by atoms with Crippen LogP contribution in [0.1, 0.15) is 32.6 Å². The minimum atomic E-state index is -0.205. The molecule has 0 saturated heterocycles. The molecule has 4 heteroatoms. The number of nitrogens with two attached hydrogens (primary N) is 2. The van der Waals surface area contributed by atoms with E-state index in [1.165, 1.54) is 0 Å². The zero-order chi connectivity index (χ0) is 8.69. The summed E-state index contributed by atoms with van der Waals surface area (Å²) in [5.74, 6) is -0.205. The molecule has 0 saturated carbocycles. The highest BCUT2D eigenvalue weighted by Gasteiger charge is 2.12. The van der Waals surface area contributed by atoms with Crippen LogP contribution in [0.2, 0.25) is 0 Å². The predicted octanol–water partition coefficient (Wildman–Crippen LogP) is 0.789. The molecule has 0 aliphatic carbocycles. The van der Waals surface area contributed by atoms with Crippen molar-refractivity contribution in [1.82, 2.24) is 6.15 Å². The number of carbonyl (C=O) groups excluding carboxylic acids is 1. The maximum absolute atomic E-state index is 10.8. The maximum atomic E-state index is 10.8. The largest absolute Gasteiger partial charge is 0.369 e. The summed E-state index contributed by atoms with van der Waals surface area (Å²) in [7, 11) is 0. The third kappa shape index (κ3) is 6.12. The first kappa shape index (κ1) is 13.9. The van der Waals surface area contributed by atoms with Gasteiger partial charge >= 0.3 is 0 Å². The molecule has 12 heavy (non-hydrogen) atoms. The first-order valence-electron chi connectivity index (χ1n) is 4.21. The predicted molar refractivity (Wildman–Crippen MR) is 50.9 cm³/mol. The molecule has 1 atom stereocenters. The summed E-state index contributed by atoms with van der Waals surface area (Å²) in [5, 5.41) is 0. The van der Waals surface area contributed by atoms with Gasteiger partial charge < -0.3 is 17.6 Å². The van der Waals surface area contributed by atoms with Crippen molar-refractivity contribution < 1.29 is 4.79 Å². The minimum absolute atomic E-state index is 0. The van der Waals surface area contributed by atoms with Gasteiger partial charge in [0.2, 0.25) is 5.91 Å². The van der Waals surface area contributed by atoms with E-state index in [4.69, 9.17) is 11.5 Å². The highest BCUT2D eigenvalue weighted by atomic mass is 16.1. The van der Waals surface area contributed by atoms with E-state index in [0.29, 0.717) is 6.54 Å². The molecular formula is C8H21N3O. The Kier molecular flexibility index (Phi) is 9.86. The zero-order valence-corrected chi connectivity index (χ0v) is 7.88. The standard InChI is InChI=1S/C8H18N2O.H3N/c1-2-3-4-7(5-6-9)8(10)11;/h7H,2-6,9H2,1H3,(H2,10,11);1H3. The molecule has 4 nitrogen and oxygen atoms in total. The van der Waals surface area contributed by atoms with Gasteiger partial charge in [-0.05, 0) is 19.4 Å². The van der Waals surface area contributed by atoms with Crippen LogP contribution >= 0.6 is 0 Å². The van der Waals surface area contributed by atoms with Crippen LogP contribution in [0.5, 0.6) is 0 Å². The molecule has 0 fully saturated rings. The van der Waals surface area contributed by atoms with E-state index in [2.05, 4.69) is 6.92 Å². The smallest absolute Gasteiger partial charge is 0.220 e. The van der Waals surface area contributed by atoms with Gasteiger partial charge in [-0.25, -0.2) is 0 Å². The van der Waals surface area contributed by atoms with E-state index >= 15 is 0 Å². The van der Waals surface area contributed by atoms with Crippen molar-refractivity contribution in [3.05, 3.63) is 0 Å². The van der Waals surface area contributed by atoms with Gasteiger partial charge in [-0.1, -0.05) is 19.8 Å². The number of amides is 1. The van der Waals surface area contributed by atoms with Crippen molar-refractivity contribution in [3.63, 3.8) is 0 Å². The van der Waals surface area contributed by atoms with Crippen LogP contribution in [-0.4, -0.2) is 12.5 Å². The van der Waals surface area contributed by atoms with Crippen LogP contribution in [0, 0.1) is 5.92 Å². The number of unbranched alkanes of at least 4 members (excludes halogenated alkanes) is 1. The van der Waals surface area contributed by atoms with Gasteiger partial charge in [0.15, 0.2) is 0 Å². The molecule has 74 valence electrons. The molecular weight excluding hydrogens is 154 g/mol. The molecule has 0 aromatic heterocycles. The molecule has 0 bridgehead atoms. The van der Waals surface area contributed by atoms with Crippen molar-refractivity contribution in [1.29, 1.82) is 0 Å². The van der Waals surface area contributed by atoms with Gasteiger partial charge in [-0.15, -0.1) is 0 Å². The van der Waals surface area contributed by atoms with Gasteiger partial charge in [0.05, 0.1) is 0 Å². The molecule has 1 amide bonds. The Hall–Kier alpha value is -0.610. The molecule has 7 N–H and O–H groups in total. The highest BCUT2D eigenvalue weighted by Crippen LogP contribution is 2.10. The van der Waals surface area contributed by atoms with Crippen molar-refractivity contribution >= 4 is 5.91 Å². The summed E-state index contributed by atoms with van der Waals surface area (Å²) in [4.78, 5) is 10.8. The van der Waals surface area contributed by atoms with Gasteiger partial charge in [-0.2, -0.15) is 0 Å². The van der Waals surface area contributed by atoms with Crippen molar-refractivity contribution in [2.75, 3.05) is 6.54 Å². The van der Waals surface area contributed by atoms with Crippen LogP contribution in [0.15, 0.2) is 0 Å². The van der Waals surface area contributed by atoms with E-state index in [-0.39, 0.29) is 18.0 Å². The summed E-state index contributed by atoms with van der Waals surface area (Å²) in [5.41, 5.74) is 10.5. The normalized spacial score (nSPS) is 11.8. The fourth-order valence-electron chi connectivity index (χ4n) is 1.08. The third-order valence-corrected chi connectivity index (χ3v) is 1.82. The molecule has 0 rings (SSSR count). The number of rotatable bonds is 6. The quantitative estimate of drug-likeness (QED) is 0.555. The molecule has 1 unspecified atom stereocenters. The Morgan fingerprint density at radius 1 is 1.42 bits per heavy atom. The molecule has 0 spiro atoms. The summed E-state index contributed by atoms with van der Waals surface area (Å²) < 4.78 is 0. The summed E-state index contributed by atoms with van der Waals surface area (Å²) in [6, 6.07) is 0. The Balaban J connectivity index is 0. The molecule has 0 heterocycles. The van der Waals surface area contributed by atoms with Crippen molar-refractivity contribution in [2.24, 2.45) is 17.4 Å². The monoisotopic (exact) mass is 175 g/mol. The minimum Gasteiger partial charge on any atom is -0.369 e. The van der Waals surface area contributed by atoms with Crippen molar-refractivity contribution in [3.8, 4) is 0 Å². The van der Waals surface area contributed by atoms with Gasteiger partial charge in [0.25, 0.3) is 0 Å². The lowest BCUT2D eigenvalue weighted by atomic mass is 9.98. The van der Waals surface area contributed by atoms with Gasteiger partial charge in [0.1, 0.15) is 0 Å². The number of primary amides is 1. The van der Waals surface area contributed by atoms with Crippen molar-refractivity contribution in [2.45, 2.75) is 32.6 Å². The van der Waals surface area contributed by atoms with E-state index in [9.17, 15) is 4.79 Å². The van der Waals surface area contributed by atoms with Gasteiger partial charge in [-0.3, -0.25) is 4.79 Å². The summed E-state index contributed by atoms with van der Waals surface area (Å²) in [6.45, 7) is 2.65. The molecule has 0 aromatic carbocycles. The SMILES string of the molecule is CCCCC(CCN)C(N)=O.N. The number of hydrogen-bond acceptors (Lipinski definition) is 3. The zero-order valence-electron chi connectivity index (χ0n) is 7.88. The fourth-order valence-corrected chi connectivity index (χ4v) is 1.08. The number of hydrogen-bond donors (Lipinski definition) is 3. The molecule has 0 aliphatic rings. The average Bonchev–Trinajstić information content (AvgIpc) is 1.97. The molecule has 0 aliphatic heterocycles. The highest BCUT2D eigenvalue weighted by molar-refractivity contribution is 5.76. The van der Waals surface area contributed by atoms with E-state index < -0.39 is 0 Å². The fraction of sp³-hybridized carbons (Fsp3) is 0.875. The van der Waals surface area contributed by atoms with E-state index in [1.54, 1.807) is 0 Å². The van der Waals surface area contributed by atoms with E-state index in [0.717, 1.165) is 25.7 Å². The second-order valence-corrected chi connectivity index (χ2v) is 2.82. The average molecular weight is 175 g/mol. The Morgan fingerprint density at radius 3 is 2.33 bits per heavy atom. The Labute approximate surface area is 74.3 Å². The first-order chi connectivity index (χ1) is 5.22. The molecule has 0 radical (unpaired) electrons. The topological polar surface area (TPSA) is 104 Å². The lowest BCUT2D eigenvalue weighted by molar-refractivity contribution is -0.122. The second-order valence-electron chi connectivity index (χ2n) is 2.82. The van der Waals surface area contributed by atoms with Crippen LogP contribution in [0.25, 0.3) is 0 Å².